The van der Waals surface area contributed by atoms with Crippen molar-refractivity contribution in [2.75, 3.05) is 18.0 Å². The van der Waals surface area contributed by atoms with E-state index < -0.39 is 0 Å². The van der Waals surface area contributed by atoms with Gasteiger partial charge in [-0.3, -0.25) is 9.88 Å². The number of likely N-dealkylation sites (tertiary alicyclic amines) is 1. The van der Waals surface area contributed by atoms with Gasteiger partial charge in [0, 0.05) is 36.9 Å². The van der Waals surface area contributed by atoms with E-state index >= 15 is 0 Å². The van der Waals surface area contributed by atoms with Crippen LogP contribution in [0.1, 0.15) is 32.4 Å². The van der Waals surface area contributed by atoms with E-state index in [1.807, 2.05) is 12.1 Å². The molecule has 0 aliphatic carbocycles. The minimum Gasteiger partial charge on any atom is -0.363 e. The van der Waals surface area contributed by atoms with Gasteiger partial charge in [0.1, 0.15) is 11.6 Å². The number of hydrogen-bond donors (Lipinski definition) is 0. The van der Waals surface area contributed by atoms with Crippen molar-refractivity contribution in [2.45, 2.75) is 44.8 Å². The van der Waals surface area contributed by atoms with Crippen LogP contribution in [-0.4, -0.2) is 34.6 Å². The first kappa shape index (κ1) is 17.4. The largest absolute Gasteiger partial charge is 0.363 e. The summed E-state index contributed by atoms with van der Waals surface area (Å²) < 4.78 is 26.4. The third-order valence-electron chi connectivity index (χ3n) is 5.80. The van der Waals surface area contributed by atoms with Gasteiger partial charge in [0.05, 0.1) is 11.9 Å². The summed E-state index contributed by atoms with van der Waals surface area (Å²) in [5.74, 6) is 0.0908. The first-order valence-corrected chi connectivity index (χ1v) is 9.30. The highest BCUT2D eigenvalue weighted by atomic mass is 19.1. The minimum absolute atomic E-state index is 0.0529. The first-order chi connectivity index (χ1) is 12.4. The van der Waals surface area contributed by atoms with Gasteiger partial charge in [-0.15, -0.1) is 0 Å². The molecule has 0 saturated carbocycles. The van der Waals surface area contributed by atoms with Crippen LogP contribution in [0.5, 0.6) is 0 Å². The minimum atomic E-state index is -0.292. The fraction of sp³-hybridized carbons (Fsp3) is 0.476. The lowest BCUT2D eigenvalue weighted by Crippen LogP contribution is -2.48. The molecule has 0 spiro atoms. The van der Waals surface area contributed by atoms with Crippen LogP contribution in [-0.2, 0) is 6.54 Å². The molecule has 1 aromatic carbocycles. The van der Waals surface area contributed by atoms with Gasteiger partial charge in [-0.05, 0) is 69.0 Å². The fourth-order valence-corrected chi connectivity index (χ4v) is 4.84. The lowest BCUT2D eigenvalue weighted by molar-refractivity contribution is 0.159. The summed E-state index contributed by atoms with van der Waals surface area (Å²) in [5.41, 5.74) is 2.08. The Labute approximate surface area is 153 Å². The molecule has 1 aromatic heterocycles. The molecular formula is C21H25F2N3. The zero-order valence-electron chi connectivity index (χ0n) is 15.3. The average Bonchev–Trinajstić information content (AvgIpc) is 2.87. The zero-order chi connectivity index (χ0) is 18.3. The highest BCUT2D eigenvalue weighted by molar-refractivity contribution is 5.52. The Bertz CT molecular complexity index is 758. The maximum atomic E-state index is 13.3. The Morgan fingerprint density at radius 2 is 1.81 bits per heavy atom. The first-order valence-electron chi connectivity index (χ1n) is 9.30. The van der Waals surface area contributed by atoms with Crippen LogP contribution in [0.15, 0.2) is 42.6 Å². The molecule has 2 saturated heterocycles. The molecule has 0 radical (unpaired) electrons. The molecule has 26 heavy (non-hydrogen) atoms. The molecule has 0 bridgehead atoms. The predicted molar refractivity (Wildman–Crippen MR) is 98.9 cm³/mol. The third kappa shape index (κ3) is 3.32. The number of nitrogens with zero attached hydrogens (tertiary/aromatic N) is 3. The standard InChI is InChI=1S/C21H25F2N3/c1-21(2)11-15-13-25(14-18-6-3-17(23)12-24-18)10-9-20(15)26(21)19-7-4-16(22)5-8-19/h3-8,12,15,20H,9-11,13-14H2,1-2H3/t15-,20+/m1/s1. The molecule has 2 fully saturated rings. The van der Waals surface area contributed by atoms with Crippen molar-refractivity contribution in [3.8, 4) is 0 Å². The molecule has 3 nitrogen and oxygen atoms in total. The van der Waals surface area contributed by atoms with Gasteiger partial charge in [-0.1, -0.05) is 0 Å². The second kappa shape index (κ2) is 6.62. The van der Waals surface area contributed by atoms with Crippen LogP contribution in [0.3, 0.4) is 0 Å². The Kier molecular flexibility index (Phi) is 4.43. The SMILES string of the molecule is CC1(C)C[C@@H]2CN(Cc3ccc(F)cn3)CC[C@@H]2N1c1ccc(F)cc1. The fourth-order valence-electron chi connectivity index (χ4n) is 4.84. The predicted octanol–water partition coefficient (Wildman–Crippen LogP) is 4.24. The normalized spacial score (nSPS) is 25.3. The summed E-state index contributed by atoms with van der Waals surface area (Å²) in [5, 5.41) is 0. The Balaban J connectivity index is 1.49. The van der Waals surface area contributed by atoms with Crippen LogP contribution in [0.4, 0.5) is 14.5 Å². The second-order valence-corrected chi connectivity index (χ2v) is 8.18. The molecule has 138 valence electrons. The van der Waals surface area contributed by atoms with E-state index in [1.54, 1.807) is 18.2 Å². The van der Waals surface area contributed by atoms with Crippen LogP contribution < -0.4 is 4.90 Å². The zero-order valence-corrected chi connectivity index (χ0v) is 15.3. The molecule has 0 amide bonds. The summed E-state index contributed by atoms with van der Waals surface area (Å²) >= 11 is 0. The van der Waals surface area contributed by atoms with Crippen LogP contribution in [0.2, 0.25) is 0 Å². The molecular weight excluding hydrogens is 332 g/mol. The number of halogens is 2. The lowest BCUT2D eigenvalue weighted by Gasteiger charge is -2.41. The Hall–Kier alpha value is -2.01. The maximum Gasteiger partial charge on any atom is 0.141 e. The Morgan fingerprint density at radius 1 is 1.08 bits per heavy atom. The molecule has 2 aliphatic heterocycles. The number of pyridine rings is 1. The van der Waals surface area contributed by atoms with Crippen molar-refractivity contribution in [1.29, 1.82) is 0 Å². The van der Waals surface area contributed by atoms with E-state index in [9.17, 15) is 8.78 Å². The number of rotatable bonds is 3. The molecule has 5 heteroatoms. The van der Waals surface area contributed by atoms with Gasteiger partial charge < -0.3 is 4.90 Å². The molecule has 2 aromatic rings. The van der Waals surface area contributed by atoms with Crippen molar-refractivity contribution in [1.82, 2.24) is 9.88 Å². The highest BCUT2D eigenvalue weighted by Gasteiger charge is 2.47. The molecule has 2 atom stereocenters. The van der Waals surface area contributed by atoms with Gasteiger partial charge in [-0.2, -0.15) is 0 Å². The van der Waals surface area contributed by atoms with Gasteiger partial charge in [0.25, 0.3) is 0 Å². The summed E-state index contributed by atoms with van der Waals surface area (Å²) in [6, 6.07) is 10.6. The lowest BCUT2D eigenvalue weighted by atomic mass is 9.89. The van der Waals surface area contributed by atoms with E-state index in [1.165, 1.54) is 12.3 Å². The molecule has 3 heterocycles. The topological polar surface area (TPSA) is 19.4 Å². The second-order valence-electron chi connectivity index (χ2n) is 8.18. The number of piperidine rings is 1. The Morgan fingerprint density at radius 3 is 2.50 bits per heavy atom. The van der Waals surface area contributed by atoms with Gasteiger partial charge in [-0.25, -0.2) is 8.78 Å². The van der Waals surface area contributed by atoms with Crippen LogP contribution >= 0.6 is 0 Å². The van der Waals surface area contributed by atoms with Crippen molar-refractivity contribution < 1.29 is 8.78 Å². The highest BCUT2D eigenvalue weighted by Crippen LogP contribution is 2.44. The van der Waals surface area contributed by atoms with Gasteiger partial charge >= 0.3 is 0 Å². The molecule has 0 N–H and O–H groups in total. The van der Waals surface area contributed by atoms with E-state index in [2.05, 4.69) is 28.6 Å². The van der Waals surface area contributed by atoms with Crippen molar-refractivity contribution in [3.05, 3.63) is 59.9 Å². The van der Waals surface area contributed by atoms with Crippen molar-refractivity contribution in [2.24, 2.45) is 5.92 Å². The van der Waals surface area contributed by atoms with E-state index in [4.69, 9.17) is 0 Å². The summed E-state index contributed by atoms with van der Waals surface area (Å²) in [6.07, 6.45) is 3.48. The summed E-state index contributed by atoms with van der Waals surface area (Å²) in [4.78, 5) is 9.11. The van der Waals surface area contributed by atoms with Crippen LogP contribution in [0, 0.1) is 17.6 Å². The molecule has 2 aliphatic rings. The number of aromatic nitrogens is 1. The van der Waals surface area contributed by atoms with E-state index in [0.717, 1.165) is 43.9 Å². The van der Waals surface area contributed by atoms with Crippen LogP contribution in [0.25, 0.3) is 0 Å². The quantitative estimate of drug-likeness (QED) is 0.819. The number of anilines is 1. The van der Waals surface area contributed by atoms with Gasteiger partial charge in [0.2, 0.25) is 0 Å². The smallest absolute Gasteiger partial charge is 0.141 e. The van der Waals surface area contributed by atoms with E-state index in [0.29, 0.717) is 12.0 Å². The van der Waals surface area contributed by atoms with E-state index in [-0.39, 0.29) is 17.2 Å². The summed E-state index contributed by atoms with van der Waals surface area (Å²) in [7, 11) is 0. The molecule has 0 unspecified atom stereocenters. The molecule has 4 rings (SSSR count). The third-order valence-corrected chi connectivity index (χ3v) is 5.80. The van der Waals surface area contributed by atoms with Gasteiger partial charge in [0.15, 0.2) is 0 Å². The number of fused-ring (bicyclic) bond motifs is 1. The monoisotopic (exact) mass is 357 g/mol. The average molecular weight is 357 g/mol. The number of hydrogen-bond acceptors (Lipinski definition) is 3. The number of benzene rings is 1. The maximum absolute atomic E-state index is 13.3. The summed E-state index contributed by atoms with van der Waals surface area (Å²) in [6.45, 7) is 7.33. The van der Waals surface area contributed by atoms with Crippen molar-refractivity contribution >= 4 is 5.69 Å². The van der Waals surface area contributed by atoms with Crippen molar-refractivity contribution in [3.63, 3.8) is 0 Å².